The van der Waals surface area contributed by atoms with Gasteiger partial charge in [-0.2, -0.15) is 0 Å². The minimum Gasteiger partial charge on any atom is -0.544 e. The molecule has 2 N–H and O–H groups in total. The number of aromatic nitrogens is 1. The van der Waals surface area contributed by atoms with Crippen molar-refractivity contribution < 1.29 is 39.5 Å². The Balaban J connectivity index is 0.00000128. The maximum absolute atomic E-state index is 10.8. The van der Waals surface area contributed by atoms with E-state index in [0.717, 1.165) is 28.0 Å². The smallest absolute Gasteiger partial charge is 0.544 e. The van der Waals surface area contributed by atoms with Crippen molar-refractivity contribution in [3.05, 3.63) is 22.2 Å². The predicted octanol–water partition coefficient (Wildman–Crippen LogP) is -2.14. The van der Waals surface area contributed by atoms with Crippen molar-refractivity contribution in [2.45, 2.75) is 13.8 Å². The molecule has 0 fully saturated rings. The molecule has 0 radical (unpaired) electrons. The average Bonchev–Trinajstić information content (AvgIpc) is 2.42. The van der Waals surface area contributed by atoms with E-state index in [9.17, 15) is 9.90 Å². The summed E-state index contributed by atoms with van der Waals surface area (Å²) in [5.74, 6) is -1.24. The van der Waals surface area contributed by atoms with Crippen LogP contribution >= 0.6 is 11.3 Å². The molecule has 0 bridgehead atoms. The molecule has 0 aliphatic carbocycles. The van der Waals surface area contributed by atoms with Crippen LogP contribution < -0.4 is 40.4 Å². The summed E-state index contributed by atoms with van der Waals surface area (Å²) < 4.78 is 0. The van der Waals surface area contributed by atoms with E-state index in [1.54, 1.807) is 0 Å². The van der Waals surface area contributed by atoms with Crippen LogP contribution in [0.15, 0.2) is 6.07 Å². The normalized spacial score (nSPS) is 10.1. The first kappa shape index (κ1) is 13.4. The Morgan fingerprint density at radius 3 is 2.69 bits per heavy atom. The Bertz CT molecular complexity index is 565. The third-order valence-electron chi connectivity index (χ3n) is 2.21. The summed E-state index contributed by atoms with van der Waals surface area (Å²) in [7, 11) is 0. The molecule has 0 aromatic carbocycles. The van der Waals surface area contributed by atoms with E-state index >= 15 is 0 Å². The topological polar surface area (TPSA) is 79.0 Å². The molecule has 0 saturated heterocycles. The van der Waals surface area contributed by atoms with Crippen LogP contribution in [0.1, 0.15) is 20.9 Å². The van der Waals surface area contributed by atoms with Crippen LogP contribution in [0, 0.1) is 13.8 Å². The number of aromatic carboxylic acids is 1. The number of anilines is 1. The van der Waals surface area contributed by atoms with Crippen LogP contribution in [0.25, 0.3) is 10.2 Å². The maximum atomic E-state index is 10.8. The minimum absolute atomic E-state index is 0. The van der Waals surface area contributed by atoms with Crippen molar-refractivity contribution in [3.8, 4) is 0 Å². The molecule has 0 amide bonds. The number of carboxylic acid groups (broad SMARTS) is 1. The van der Waals surface area contributed by atoms with E-state index < -0.39 is 5.97 Å². The van der Waals surface area contributed by atoms with E-state index in [4.69, 9.17) is 5.73 Å². The number of thiophene rings is 1. The fourth-order valence-corrected chi connectivity index (χ4v) is 2.67. The number of carboxylic acids is 1. The van der Waals surface area contributed by atoms with Crippen LogP contribution in [0.5, 0.6) is 0 Å². The van der Waals surface area contributed by atoms with Crippen molar-refractivity contribution in [1.82, 2.24) is 4.98 Å². The maximum Gasteiger partial charge on any atom is 1.00 e. The van der Waals surface area contributed by atoms with Gasteiger partial charge in [0.1, 0.15) is 4.83 Å². The number of fused-ring (bicyclic) bond motifs is 1. The van der Waals surface area contributed by atoms with Crippen molar-refractivity contribution in [2.75, 3.05) is 5.73 Å². The van der Waals surface area contributed by atoms with Gasteiger partial charge in [-0.1, -0.05) is 0 Å². The molecule has 0 aliphatic rings. The van der Waals surface area contributed by atoms with Gasteiger partial charge in [0.15, 0.2) is 0 Å². The van der Waals surface area contributed by atoms with E-state index in [-0.39, 0.29) is 40.1 Å². The predicted molar refractivity (Wildman–Crippen MR) is 57.8 cm³/mol. The van der Waals surface area contributed by atoms with Gasteiger partial charge in [0.2, 0.25) is 0 Å². The van der Waals surface area contributed by atoms with Crippen LogP contribution in [-0.2, 0) is 0 Å². The number of nitrogens with two attached hydrogens (primary N) is 1. The molecule has 0 saturated carbocycles. The third-order valence-corrected chi connectivity index (χ3v) is 3.29. The number of nitrogen functional groups attached to an aromatic ring is 1. The van der Waals surface area contributed by atoms with Crippen LogP contribution in [-0.4, -0.2) is 11.0 Å². The van der Waals surface area contributed by atoms with Crippen LogP contribution in [0.2, 0.25) is 0 Å². The molecule has 4 nitrogen and oxygen atoms in total. The number of carbonyl (C=O) groups is 1. The Morgan fingerprint density at radius 2 is 2.12 bits per heavy atom. The number of carbonyl (C=O) groups excluding carboxylic acids is 1. The van der Waals surface area contributed by atoms with E-state index in [2.05, 4.69) is 4.98 Å². The van der Waals surface area contributed by atoms with Gasteiger partial charge in [-0.05, 0) is 25.5 Å². The van der Waals surface area contributed by atoms with Gasteiger partial charge in [-0.15, -0.1) is 11.3 Å². The van der Waals surface area contributed by atoms with Gasteiger partial charge in [-0.25, -0.2) is 4.98 Å². The Hall–Kier alpha value is -0.620. The molecule has 0 atom stereocenters. The molecule has 16 heavy (non-hydrogen) atoms. The second kappa shape index (κ2) is 4.71. The second-order valence-electron chi connectivity index (χ2n) is 3.39. The molecule has 2 rings (SSSR count). The number of aryl methyl sites for hydroxylation is 2. The van der Waals surface area contributed by atoms with Crippen molar-refractivity contribution in [1.29, 1.82) is 0 Å². The average molecular weight is 244 g/mol. The number of nitrogens with zero attached hydrogens (tertiary/aromatic N) is 1. The molecule has 0 spiro atoms. The molecular weight excluding hydrogens is 235 g/mol. The summed E-state index contributed by atoms with van der Waals surface area (Å²) >= 11 is 1.06. The Kier molecular flexibility index (Phi) is 3.96. The summed E-state index contributed by atoms with van der Waals surface area (Å²) in [6.07, 6.45) is 0. The standard InChI is InChI=1S/C10H10N2O2S.Na/c1-4-3-5(2)12-9-6(4)7(11)8(15-9)10(13)14;/h3H,11H2,1-2H3,(H,13,14);/q;+1/p-1. The monoisotopic (exact) mass is 244 g/mol. The minimum atomic E-state index is -1.24. The zero-order valence-corrected chi connectivity index (χ0v) is 12.1. The van der Waals surface area contributed by atoms with Crippen molar-refractivity contribution in [3.63, 3.8) is 0 Å². The molecule has 2 aromatic rings. The summed E-state index contributed by atoms with van der Waals surface area (Å²) in [4.78, 5) is 15.7. The van der Waals surface area contributed by atoms with Gasteiger partial charge in [0.25, 0.3) is 0 Å². The van der Waals surface area contributed by atoms with Gasteiger partial charge >= 0.3 is 29.6 Å². The number of hydrogen-bond acceptors (Lipinski definition) is 5. The van der Waals surface area contributed by atoms with E-state index in [1.807, 2.05) is 19.9 Å². The van der Waals surface area contributed by atoms with Crippen molar-refractivity contribution >= 4 is 33.2 Å². The first-order valence-electron chi connectivity index (χ1n) is 4.38. The first-order valence-corrected chi connectivity index (χ1v) is 5.20. The van der Waals surface area contributed by atoms with Gasteiger partial charge in [-0.3, -0.25) is 0 Å². The molecule has 2 heterocycles. The van der Waals surface area contributed by atoms with E-state index in [1.165, 1.54) is 0 Å². The number of rotatable bonds is 1. The SMILES string of the molecule is Cc1cc(C)c2c(N)c(C(=O)[O-])sc2n1.[Na+]. The zero-order valence-electron chi connectivity index (χ0n) is 9.33. The Labute approximate surface area is 119 Å². The first-order chi connectivity index (χ1) is 7.00. The van der Waals surface area contributed by atoms with E-state index in [0.29, 0.717) is 4.83 Å². The summed E-state index contributed by atoms with van der Waals surface area (Å²) in [5, 5.41) is 11.5. The van der Waals surface area contributed by atoms with Gasteiger partial charge in [0, 0.05) is 11.1 Å². The second-order valence-corrected chi connectivity index (χ2v) is 4.39. The summed E-state index contributed by atoms with van der Waals surface area (Å²) in [5.41, 5.74) is 7.80. The number of hydrogen-bond donors (Lipinski definition) is 1. The number of pyridine rings is 1. The quantitative estimate of drug-likeness (QED) is 0.581. The van der Waals surface area contributed by atoms with Gasteiger partial charge in [0.05, 0.1) is 16.5 Å². The van der Waals surface area contributed by atoms with Crippen molar-refractivity contribution in [2.24, 2.45) is 0 Å². The molecule has 0 unspecified atom stereocenters. The van der Waals surface area contributed by atoms with Gasteiger partial charge < -0.3 is 15.6 Å². The summed E-state index contributed by atoms with van der Waals surface area (Å²) in [6.45, 7) is 3.75. The molecule has 0 aliphatic heterocycles. The fourth-order valence-electron chi connectivity index (χ4n) is 1.62. The molecule has 2 aromatic heterocycles. The zero-order chi connectivity index (χ0) is 11.2. The van der Waals surface area contributed by atoms with Crippen LogP contribution in [0.4, 0.5) is 5.69 Å². The third kappa shape index (κ3) is 2.08. The molecule has 6 heteroatoms. The summed E-state index contributed by atoms with van der Waals surface area (Å²) in [6, 6.07) is 1.88. The largest absolute Gasteiger partial charge is 1.00 e. The Morgan fingerprint density at radius 1 is 1.50 bits per heavy atom. The van der Waals surface area contributed by atoms with Crippen LogP contribution in [0.3, 0.4) is 0 Å². The molecular formula is C10H9N2NaO2S. The molecule has 78 valence electrons. The fraction of sp³-hybridized carbons (Fsp3) is 0.200.